The van der Waals surface area contributed by atoms with Crippen LogP contribution in [0.5, 0.6) is 5.75 Å². The summed E-state index contributed by atoms with van der Waals surface area (Å²) in [5.41, 5.74) is 7.45. The van der Waals surface area contributed by atoms with Gasteiger partial charge in [-0.3, -0.25) is 0 Å². The van der Waals surface area contributed by atoms with Crippen LogP contribution in [0.2, 0.25) is 0 Å². The first-order chi connectivity index (χ1) is 13.5. The molecule has 7 nitrogen and oxygen atoms in total. The first kappa shape index (κ1) is 21.1. The Morgan fingerprint density at radius 1 is 1.29 bits per heavy atom. The van der Waals surface area contributed by atoms with E-state index in [1.54, 1.807) is 18.9 Å². The number of nitrogens with zero attached hydrogens (tertiary/aromatic N) is 4. The lowest BCUT2D eigenvalue weighted by atomic mass is 10.1. The molecule has 3 N–H and O–H groups in total. The number of rotatable bonds is 9. The molecular formula is C19H25IN6OS. The fourth-order valence-corrected chi connectivity index (χ4v) is 4.34. The highest BCUT2D eigenvalue weighted by Gasteiger charge is 2.17. The predicted octanol–water partition coefficient (Wildman–Crippen LogP) is 3.81. The molecule has 28 heavy (non-hydrogen) atoms. The van der Waals surface area contributed by atoms with Crippen molar-refractivity contribution < 1.29 is 4.74 Å². The molecule has 2 aromatic heterocycles. The Hall–Kier alpha value is -1.59. The molecule has 0 radical (unpaired) electrons. The molecule has 0 spiro atoms. The average Bonchev–Trinajstić information content (AvgIpc) is 3.02. The van der Waals surface area contributed by atoms with Gasteiger partial charge >= 0.3 is 0 Å². The summed E-state index contributed by atoms with van der Waals surface area (Å²) in [6, 6.07) is 6.01. The van der Waals surface area contributed by atoms with Gasteiger partial charge in [-0.25, -0.2) is 15.0 Å². The predicted molar refractivity (Wildman–Crippen MR) is 122 cm³/mol. The molecule has 150 valence electrons. The zero-order valence-corrected chi connectivity index (χ0v) is 19.2. The minimum absolute atomic E-state index is 0.402. The summed E-state index contributed by atoms with van der Waals surface area (Å²) in [5, 5.41) is 4.35. The minimum Gasteiger partial charge on any atom is -0.497 e. The summed E-state index contributed by atoms with van der Waals surface area (Å²) >= 11 is 3.91. The number of nitrogens with two attached hydrogens (primary N) is 1. The molecule has 3 aromatic rings. The van der Waals surface area contributed by atoms with Crippen LogP contribution in [0.3, 0.4) is 0 Å². The SMILES string of the molecule is COc1ccc(I)c(Sc2nc3c(N)ncnc3n2CCNCCC(C)C)c1. The molecular weight excluding hydrogens is 487 g/mol. The molecule has 1 aromatic carbocycles. The maximum Gasteiger partial charge on any atom is 0.175 e. The molecule has 0 saturated heterocycles. The van der Waals surface area contributed by atoms with Crippen molar-refractivity contribution in [1.82, 2.24) is 24.8 Å². The number of benzene rings is 1. The first-order valence-electron chi connectivity index (χ1n) is 9.18. The lowest BCUT2D eigenvalue weighted by Crippen LogP contribution is -2.22. The van der Waals surface area contributed by atoms with Gasteiger partial charge in [-0.05, 0) is 59.7 Å². The van der Waals surface area contributed by atoms with E-state index in [1.807, 2.05) is 18.2 Å². The quantitative estimate of drug-likeness (QED) is 0.333. The molecule has 0 atom stereocenters. The molecule has 0 aliphatic heterocycles. The van der Waals surface area contributed by atoms with E-state index in [0.717, 1.165) is 51.1 Å². The normalized spacial score (nSPS) is 11.5. The van der Waals surface area contributed by atoms with E-state index in [9.17, 15) is 0 Å². The Labute approximate surface area is 183 Å². The summed E-state index contributed by atoms with van der Waals surface area (Å²) in [6.45, 7) is 7.06. The van der Waals surface area contributed by atoms with Gasteiger partial charge in [-0.15, -0.1) is 0 Å². The standard InChI is InChI=1S/C19H25IN6OS/c1-12(2)6-7-22-8-9-26-18-16(17(21)23-11-24-18)25-19(26)28-15-10-13(27-3)4-5-14(15)20/h4-5,10-12,22H,6-9H2,1-3H3,(H2,21,23,24). The molecule has 3 rings (SSSR count). The van der Waals surface area contributed by atoms with Crippen LogP contribution in [-0.2, 0) is 6.54 Å². The fraction of sp³-hybridized carbons (Fsp3) is 0.421. The lowest BCUT2D eigenvalue weighted by Gasteiger charge is -2.11. The van der Waals surface area contributed by atoms with Crippen molar-refractivity contribution in [2.75, 3.05) is 25.9 Å². The maximum absolute atomic E-state index is 6.04. The van der Waals surface area contributed by atoms with Gasteiger partial charge in [0.15, 0.2) is 22.1 Å². The average molecular weight is 512 g/mol. The number of methoxy groups -OCH3 is 1. The van der Waals surface area contributed by atoms with Crippen molar-refractivity contribution in [3.8, 4) is 5.75 Å². The largest absolute Gasteiger partial charge is 0.497 e. The Morgan fingerprint density at radius 2 is 2.11 bits per heavy atom. The van der Waals surface area contributed by atoms with Gasteiger partial charge in [0.1, 0.15) is 12.1 Å². The highest BCUT2D eigenvalue weighted by molar-refractivity contribution is 14.1. The van der Waals surface area contributed by atoms with Crippen molar-refractivity contribution >= 4 is 51.3 Å². The molecule has 0 aliphatic rings. The molecule has 0 saturated carbocycles. The number of hydrogen-bond donors (Lipinski definition) is 2. The molecule has 0 fully saturated rings. The molecule has 0 amide bonds. The van der Waals surface area contributed by atoms with Gasteiger partial charge in [0, 0.05) is 21.6 Å². The van der Waals surface area contributed by atoms with Crippen LogP contribution in [0.1, 0.15) is 20.3 Å². The fourth-order valence-electron chi connectivity index (χ4n) is 2.71. The molecule has 0 aliphatic carbocycles. The van der Waals surface area contributed by atoms with Crippen molar-refractivity contribution in [1.29, 1.82) is 0 Å². The number of aromatic nitrogens is 4. The van der Waals surface area contributed by atoms with Gasteiger partial charge in [0.2, 0.25) is 0 Å². The molecule has 0 bridgehead atoms. The van der Waals surface area contributed by atoms with Crippen LogP contribution in [0.15, 0.2) is 34.6 Å². The topological polar surface area (TPSA) is 90.9 Å². The van der Waals surface area contributed by atoms with Crippen LogP contribution in [-0.4, -0.2) is 39.7 Å². The van der Waals surface area contributed by atoms with Crippen molar-refractivity contribution in [2.45, 2.75) is 36.9 Å². The van der Waals surface area contributed by atoms with Gasteiger partial charge in [0.25, 0.3) is 0 Å². The lowest BCUT2D eigenvalue weighted by molar-refractivity contribution is 0.413. The van der Waals surface area contributed by atoms with Gasteiger partial charge in [-0.2, -0.15) is 0 Å². The third-order valence-corrected chi connectivity index (χ3v) is 6.63. The van der Waals surface area contributed by atoms with E-state index < -0.39 is 0 Å². The third kappa shape index (κ3) is 5.06. The number of ether oxygens (including phenoxy) is 1. The summed E-state index contributed by atoms with van der Waals surface area (Å²) in [6.07, 6.45) is 2.65. The zero-order chi connectivity index (χ0) is 20.1. The molecule has 2 heterocycles. The van der Waals surface area contributed by atoms with Gasteiger partial charge in [-0.1, -0.05) is 25.6 Å². The van der Waals surface area contributed by atoms with E-state index in [1.165, 1.54) is 6.33 Å². The molecule has 0 unspecified atom stereocenters. The zero-order valence-electron chi connectivity index (χ0n) is 16.3. The number of imidazole rings is 1. The van der Waals surface area contributed by atoms with Gasteiger partial charge < -0.3 is 20.4 Å². The van der Waals surface area contributed by atoms with E-state index in [-0.39, 0.29) is 0 Å². The Morgan fingerprint density at radius 3 is 2.86 bits per heavy atom. The minimum atomic E-state index is 0.402. The number of nitrogen functional groups attached to an aromatic ring is 1. The Kier molecular flexibility index (Phi) is 7.36. The van der Waals surface area contributed by atoms with Crippen LogP contribution in [0, 0.1) is 9.49 Å². The second kappa shape index (κ2) is 9.75. The monoisotopic (exact) mass is 512 g/mol. The van der Waals surface area contributed by atoms with Gasteiger partial charge in [0.05, 0.1) is 7.11 Å². The number of hydrogen-bond acceptors (Lipinski definition) is 7. The van der Waals surface area contributed by atoms with Crippen molar-refractivity contribution in [2.24, 2.45) is 5.92 Å². The Bertz CT molecular complexity index is 946. The maximum atomic E-state index is 6.04. The smallest absolute Gasteiger partial charge is 0.175 e. The second-order valence-corrected chi connectivity index (χ2v) is 8.98. The Balaban J connectivity index is 1.87. The third-order valence-electron chi connectivity index (χ3n) is 4.28. The number of nitrogens with one attached hydrogen (secondary N) is 1. The number of anilines is 1. The van der Waals surface area contributed by atoms with E-state index in [4.69, 9.17) is 15.5 Å². The van der Waals surface area contributed by atoms with E-state index in [0.29, 0.717) is 17.3 Å². The summed E-state index contributed by atoms with van der Waals surface area (Å²) in [7, 11) is 1.67. The van der Waals surface area contributed by atoms with E-state index >= 15 is 0 Å². The molecule has 9 heteroatoms. The number of fused-ring (bicyclic) bond motifs is 1. The highest BCUT2D eigenvalue weighted by Crippen LogP contribution is 2.35. The second-order valence-electron chi connectivity index (χ2n) is 6.81. The highest BCUT2D eigenvalue weighted by atomic mass is 127. The first-order valence-corrected chi connectivity index (χ1v) is 11.1. The van der Waals surface area contributed by atoms with E-state index in [2.05, 4.69) is 56.3 Å². The number of halogens is 1. The van der Waals surface area contributed by atoms with Crippen LogP contribution in [0.4, 0.5) is 5.82 Å². The summed E-state index contributed by atoms with van der Waals surface area (Å²) < 4.78 is 8.61. The summed E-state index contributed by atoms with van der Waals surface area (Å²) in [5.74, 6) is 1.91. The van der Waals surface area contributed by atoms with Crippen molar-refractivity contribution in [3.63, 3.8) is 0 Å². The van der Waals surface area contributed by atoms with Crippen LogP contribution < -0.4 is 15.8 Å². The van der Waals surface area contributed by atoms with Crippen LogP contribution >= 0.6 is 34.4 Å². The van der Waals surface area contributed by atoms with Crippen molar-refractivity contribution in [3.05, 3.63) is 28.1 Å². The van der Waals surface area contributed by atoms with Crippen LogP contribution in [0.25, 0.3) is 11.2 Å². The summed E-state index contributed by atoms with van der Waals surface area (Å²) in [4.78, 5) is 14.3.